The average molecular weight is 255 g/mol. The van der Waals surface area contributed by atoms with E-state index >= 15 is 0 Å². The molecule has 4 nitrogen and oxygen atoms in total. The molecule has 18 heavy (non-hydrogen) atoms. The smallest absolute Gasteiger partial charge is 0.407 e. The van der Waals surface area contributed by atoms with Crippen LogP contribution in [0.4, 0.5) is 4.79 Å². The first kappa shape index (κ1) is 16.7. The summed E-state index contributed by atoms with van der Waals surface area (Å²) in [5, 5.41) is 2.63. The minimum absolute atomic E-state index is 0.127. The van der Waals surface area contributed by atoms with Crippen molar-refractivity contribution in [2.75, 3.05) is 6.54 Å². The molecule has 0 aromatic rings. The van der Waals surface area contributed by atoms with Gasteiger partial charge in [0.2, 0.25) is 0 Å². The Balaban J connectivity index is 3.71. The van der Waals surface area contributed by atoms with Crippen LogP contribution in [0.3, 0.4) is 0 Å². The van der Waals surface area contributed by atoms with Crippen LogP contribution in [0.2, 0.25) is 0 Å². The van der Waals surface area contributed by atoms with Crippen molar-refractivity contribution in [1.82, 2.24) is 5.32 Å². The SMILES string of the molecule is CC(C)CC(=O)/C=C/CCNC(=O)OC(C)(C)C. The largest absolute Gasteiger partial charge is 0.444 e. The van der Waals surface area contributed by atoms with Crippen molar-refractivity contribution in [2.45, 2.75) is 53.1 Å². The van der Waals surface area contributed by atoms with Gasteiger partial charge in [0.05, 0.1) is 0 Å². The molecular formula is C14H25NO3. The maximum absolute atomic E-state index is 11.3. The molecular weight excluding hydrogens is 230 g/mol. The molecule has 0 aliphatic rings. The minimum atomic E-state index is -0.479. The van der Waals surface area contributed by atoms with Gasteiger partial charge in [0.1, 0.15) is 5.60 Å². The fourth-order valence-corrected chi connectivity index (χ4v) is 1.26. The summed E-state index contributed by atoms with van der Waals surface area (Å²) in [5.41, 5.74) is -0.479. The number of alkyl carbamates (subject to hydrolysis) is 1. The maximum atomic E-state index is 11.3. The molecule has 0 fully saturated rings. The van der Waals surface area contributed by atoms with E-state index in [2.05, 4.69) is 5.32 Å². The minimum Gasteiger partial charge on any atom is -0.444 e. The van der Waals surface area contributed by atoms with Crippen molar-refractivity contribution in [3.05, 3.63) is 12.2 Å². The molecule has 0 spiro atoms. The summed E-state index contributed by atoms with van der Waals surface area (Å²) in [6.45, 7) is 9.94. The lowest BCUT2D eigenvalue weighted by Gasteiger charge is -2.19. The molecule has 0 aromatic heterocycles. The third-order valence-corrected chi connectivity index (χ3v) is 1.89. The number of rotatable bonds is 6. The molecule has 0 atom stereocenters. The molecule has 0 rings (SSSR count). The van der Waals surface area contributed by atoms with Crippen LogP contribution in [0.1, 0.15) is 47.5 Å². The van der Waals surface area contributed by atoms with Crippen molar-refractivity contribution in [1.29, 1.82) is 0 Å². The molecule has 4 heteroatoms. The van der Waals surface area contributed by atoms with Crippen LogP contribution in [-0.4, -0.2) is 24.0 Å². The number of carbonyl (C=O) groups excluding carboxylic acids is 2. The Kier molecular flexibility index (Phi) is 7.32. The number of hydrogen-bond donors (Lipinski definition) is 1. The summed E-state index contributed by atoms with van der Waals surface area (Å²) in [6.07, 6.45) is 4.13. The zero-order valence-electron chi connectivity index (χ0n) is 12.1. The third-order valence-electron chi connectivity index (χ3n) is 1.89. The first-order valence-corrected chi connectivity index (χ1v) is 6.37. The molecule has 0 heterocycles. The molecule has 0 saturated carbocycles. The zero-order chi connectivity index (χ0) is 14.2. The molecule has 1 N–H and O–H groups in total. The highest BCUT2D eigenvalue weighted by molar-refractivity contribution is 5.89. The standard InChI is InChI=1S/C14H25NO3/c1-11(2)10-12(16)8-6-7-9-15-13(17)18-14(3,4)5/h6,8,11H,7,9-10H2,1-5H3,(H,15,17)/b8-6+. The molecule has 0 aromatic carbocycles. The number of carbonyl (C=O) groups is 2. The summed E-state index contributed by atoms with van der Waals surface area (Å²) in [5.74, 6) is 0.504. The zero-order valence-corrected chi connectivity index (χ0v) is 12.1. The molecule has 0 saturated heterocycles. The monoisotopic (exact) mass is 255 g/mol. The van der Waals surface area contributed by atoms with Crippen LogP contribution in [0.25, 0.3) is 0 Å². The quantitative estimate of drug-likeness (QED) is 0.586. The van der Waals surface area contributed by atoms with Gasteiger partial charge in [-0.1, -0.05) is 19.9 Å². The van der Waals surface area contributed by atoms with Crippen LogP contribution in [-0.2, 0) is 9.53 Å². The van der Waals surface area contributed by atoms with Gasteiger partial charge >= 0.3 is 6.09 Å². The Labute approximate surface area is 110 Å². The topological polar surface area (TPSA) is 55.4 Å². The maximum Gasteiger partial charge on any atom is 0.407 e. The van der Waals surface area contributed by atoms with Gasteiger partial charge in [-0.2, -0.15) is 0 Å². The van der Waals surface area contributed by atoms with E-state index in [4.69, 9.17) is 4.74 Å². The second kappa shape index (κ2) is 7.90. The first-order valence-electron chi connectivity index (χ1n) is 6.37. The van der Waals surface area contributed by atoms with E-state index in [1.807, 2.05) is 34.6 Å². The van der Waals surface area contributed by atoms with E-state index in [1.165, 1.54) is 0 Å². The Morgan fingerprint density at radius 1 is 1.28 bits per heavy atom. The summed E-state index contributed by atoms with van der Waals surface area (Å²) >= 11 is 0. The highest BCUT2D eigenvalue weighted by atomic mass is 16.6. The predicted molar refractivity (Wildman–Crippen MR) is 72.5 cm³/mol. The number of ketones is 1. The number of hydrogen-bond acceptors (Lipinski definition) is 3. The van der Waals surface area contributed by atoms with Crippen LogP contribution in [0, 0.1) is 5.92 Å². The Morgan fingerprint density at radius 2 is 1.89 bits per heavy atom. The molecule has 0 bridgehead atoms. The van der Waals surface area contributed by atoms with E-state index in [0.717, 1.165) is 0 Å². The summed E-state index contributed by atoms with van der Waals surface area (Å²) in [4.78, 5) is 22.6. The Bertz CT molecular complexity index is 301. The van der Waals surface area contributed by atoms with E-state index in [-0.39, 0.29) is 5.78 Å². The van der Waals surface area contributed by atoms with E-state index in [0.29, 0.717) is 25.3 Å². The fourth-order valence-electron chi connectivity index (χ4n) is 1.26. The van der Waals surface area contributed by atoms with E-state index < -0.39 is 11.7 Å². The van der Waals surface area contributed by atoms with Gasteiger partial charge in [-0.15, -0.1) is 0 Å². The van der Waals surface area contributed by atoms with Gasteiger partial charge in [-0.25, -0.2) is 4.79 Å². The van der Waals surface area contributed by atoms with Crippen LogP contribution < -0.4 is 5.32 Å². The number of nitrogens with one attached hydrogen (secondary N) is 1. The second-order valence-electron chi connectivity index (χ2n) is 5.68. The van der Waals surface area contributed by atoms with Crippen molar-refractivity contribution < 1.29 is 14.3 Å². The predicted octanol–water partition coefficient (Wildman–Crippen LogP) is 3.07. The lowest BCUT2D eigenvalue weighted by Crippen LogP contribution is -2.32. The van der Waals surface area contributed by atoms with Gasteiger partial charge in [0.15, 0.2) is 5.78 Å². The number of allylic oxidation sites excluding steroid dienone is 1. The van der Waals surface area contributed by atoms with Crippen LogP contribution in [0.5, 0.6) is 0 Å². The van der Waals surface area contributed by atoms with Crippen molar-refractivity contribution >= 4 is 11.9 Å². The van der Waals surface area contributed by atoms with Gasteiger partial charge in [-0.05, 0) is 39.2 Å². The van der Waals surface area contributed by atoms with Crippen molar-refractivity contribution in [2.24, 2.45) is 5.92 Å². The summed E-state index contributed by atoms with van der Waals surface area (Å²) < 4.78 is 5.08. The molecule has 0 aliphatic heterocycles. The molecule has 0 unspecified atom stereocenters. The molecule has 0 aliphatic carbocycles. The highest BCUT2D eigenvalue weighted by Gasteiger charge is 2.15. The normalized spacial score (nSPS) is 11.9. The van der Waals surface area contributed by atoms with Gasteiger partial charge in [0.25, 0.3) is 0 Å². The van der Waals surface area contributed by atoms with Crippen molar-refractivity contribution in [3.63, 3.8) is 0 Å². The lowest BCUT2D eigenvalue weighted by atomic mass is 10.1. The Morgan fingerprint density at radius 3 is 2.39 bits per heavy atom. The highest BCUT2D eigenvalue weighted by Crippen LogP contribution is 2.06. The number of ether oxygens (including phenoxy) is 1. The lowest BCUT2D eigenvalue weighted by molar-refractivity contribution is -0.115. The summed E-state index contributed by atoms with van der Waals surface area (Å²) in [7, 11) is 0. The average Bonchev–Trinajstić information content (AvgIpc) is 2.12. The van der Waals surface area contributed by atoms with Crippen molar-refractivity contribution in [3.8, 4) is 0 Å². The molecule has 104 valence electrons. The Hall–Kier alpha value is -1.32. The van der Waals surface area contributed by atoms with Gasteiger partial charge in [-0.3, -0.25) is 4.79 Å². The van der Waals surface area contributed by atoms with Crippen LogP contribution in [0.15, 0.2) is 12.2 Å². The first-order chi connectivity index (χ1) is 8.20. The van der Waals surface area contributed by atoms with Gasteiger partial charge in [0, 0.05) is 13.0 Å². The fraction of sp³-hybridized carbons (Fsp3) is 0.714. The third kappa shape index (κ3) is 11.2. The van der Waals surface area contributed by atoms with Crippen LogP contribution >= 0.6 is 0 Å². The second-order valence-corrected chi connectivity index (χ2v) is 5.68. The molecule has 0 radical (unpaired) electrons. The van der Waals surface area contributed by atoms with E-state index in [1.54, 1.807) is 12.2 Å². The number of amides is 1. The summed E-state index contributed by atoms with van der Waals surface area (Å²) in [6, 6.07) is 0. The molecule has 1 amide bonds. The van der Waals surface area contributed by atoms with Gasteiger partial charge < -0.3 is 10.1 Å². The van der Waals surface area contributed by atoms with E-state index in [9.17, 15) is 9.59 Å².